The Morgan fingerprint density at radius 1 is 1.53 bits per heavy atom. The van der Waals surface area contributed by atoms with Crippen molar-refractivity contribution in [2.75, 3.05) is 6.54 Å². The molecule has 0 aromatic carbocycles. The van der Waals surface area contributed by atoms with Crippen molar-refractivity contribution in [3.05, 3.63) is 16.6 Å². The summed E-state index contributed by atoms with van der Waals surface area (Å²) >= 11 is 1.28. The summed E-state index contributed by atoms with van der Waals surface area (Å²) < 4.78 is 0. The molecule has 1 saturated carbocycles. The van der Waals surface area contributed by atoms with Crippen molar-refractivity contribution >= 4 is 23.2 Å². The van der Waals surface area contributed by atoms with Crippen molar-refractivity contribution in [2.45, 2.75) is 25.7 Å². The number of nitrogens with one attached hydrogen (secondary N) is 1. The number of thiazole rings is 1. The lowest BCUT2D eigenvalue weighted by molar-refractivity contribution is -0.141. The lowest BCUT2D eigenvalue weighted by atomic mass is 9.66. The van der Waals surface area contributed by atoms with Crippen molar-refractivity contribution in [1.29, 1.82) is 0 Å². The van der Waals surface area contributed by atoms with E-state index in [9.17, 15) is 9.59 Å². The zero-order chi connectivity index (χ0) is 12.3. The van der Waals surface area contributed by atoms with Crippen LogP contribution in [0.25, 0.3) is 0 Å². The van der Waals surface area contributed by atoms with Crippen LogP contribution in [0, 0.1) is 5.41 Å². The van der Waals surface area contributed by atoms with E-state index in [2.05, 4.69) is 10.3 Å². The second-order valence-electron chi connectivity index (χ2n) is 4.47. The molecule has 1 fully saturated rings. The zero-order valence-electron chi connectivity index (χ0n) is 9.31. The highest BCUT2D eigenvalue weighted by Gasteiger charge is 2.39. The van der Waals surface area contributed by atoms with Crippen molar-refractivity contribution in [3.63, 3.8) is 0 Å². The molecule has 92 valence electrons. The Kier molecular flexibility index (Phi) is 3.42. The molecule has 0 atom stereocenters. The van der Waals surface area contributed by atoms with E-state index >= 15 is 0 Å². The third-order valence-corrected chi connectivity index (χ3v) is 3.99. The van der Waals surface area contributed by atoms with E-state index in [0.29, 0.717) is 11.4 Å². The SMILES string of the molecule is O=C(O)CC1(CNC(=O)c2cncs2)CCC1. The van der Waals surface area contributed by atoms with Crippen molar-refractivity contribution in [3.8, 4) is 0 Å². The van der Waals surface area contributed by atoms with E-state index in [0.717, 1.165) is 19.3 Å². The highest BCUT2D eigenvalue weighted by molar-refractivity contribution is 7.11. The van der Waals surface area contributed by atoms with Gasteiger partial charge in [0.2, 0.25) is 0 Å². The van der Waals surface area contributed by atoms with E-state index in [1.807, 2.05) is 0 Å². The fourth-order valence-corrected chi connectivity index (χ4v) is 2.63. The first-order valence-corrected chi connectivity index (χ1v) is 6.38. The van der Waals surface area contributed by atoms with Crippen LogP contribution in [0.2, 0.25) is 0 Å². The van der Waals surface area contributed by atoms with Crippen molar-refractivity contribution in [2.24, 2.45) is 5.41 Å². The minimum atomic E-state index is -0.795. The summed E-state index contributed by atoms with van der Waals surface area (Å²) in [5.74, 6) is -0.957. The summed E-state index contributed by atoms with van der Waals surface area (Å²) in [6.45, 7) is 0.441. The van der Waals surface area contributed by atoms with Crippen LogP contribution in [0.4, 0.5) is 0 Å². The summed E-state index contributed by atoms with van der Waals surface area (Å²) in [6.07, 6.45) is 4.45. The van der Waals surface area contributed by atoms with Gasteiger partial charge in [0, 0.05) is 6.54 Å². The summed E-state index contributed by atoms with van der Waals surface area (Å²) in [7, 11) is 0. The largest absolute Gasteiger partial charge is 0.481 e. The van der Waals surface area contributed by atoms with Gasteiger partial charge < -0.3 is 10.4 Å². The number of rotatable bonds is 5. The predicted molar refractivity (Wildman–Crippen MR) is 63.0 cm³/mol. The van der Waals surface area contributed by atoms with E-state index in [4.69, 9.17) is 5.11 Å². The maximum Gasteiger partial charge on any atom is 0.303 e. The van der Waals surface area contributed by atoms with Gasteiger partial charge in [-0.25, -0.2) is 0 Å². The first-order chi connectivity index (χ1) is 8.11. The first-order valence-electron chi connectivity index (χ1n) is 5.50. The van der Waals surface area contributed by atoms with Crippen LogP contribution >= 0.6 is 11.3 Å². The molecule has 0 aliphatic heterocycles. The zero-order valence-corrected chi connectivity index (χ0v) is 10.1. The van der Waals surface area contributed by atoms with Gasteiger partial charge in [0.1, 0.15) is 4.88 Å². The number of aliphatic carboxylic acids is 1. The van der Waals surface area contributed by atoms with Crippen LogP contribution in [-0.4, -0.2) is 28.5 Å². The lowest BCUT2D eigenvalue weighted by Gasteiger charge is -2.40. The fraction of sp³-hybridized carbons (Fsp3) is 0.545. The predicted octanol–water partition coefficient (Wildman–Crippen LogP) is 1.52. The third-order valence-electron chi connectivity index (χ3n) is 3.22. The fourth-order valence-electron chi connectivity index (χ4n) is 2.10. The number of hydrogen-bond donors (Lipinski definition) is 2. The highest BCUT2D eigenvalue weighted by Crippen LogP contribution is 2.43. The quantitative estimate of drug-likeness (QED) is 0.835. The Morgan fingerprint density at radius 2 is 2.29 bits per heavy atom. The topological polar surface area (TPSA) is 79.3 Å². The second-order valence-corrected chi connectivity index (χ2v) is 5.36. The Balaban J connectivity index is 1.88. The summed E-state index contributed by atoms with van der Waals surface area (Å²) in [6, 6.07) is 0. The molecule has 17 heavy (non-hydrogen) atoms. The maximum absolute atomic E-state index is 11.7. The molecule has 5 nitrogen and oxygen atoms in total. The normalized spacial score (nSPS) is 17.2. The molecule has 2 N–H and O–H groups in total. The maximum atomic E-state index is 11.7. The standard InChI is InChI=1S/C11H14N2O3S/c14-9(15)4-11(2-1-3-11)6-13-10(16)8-5-12-7-17-8/h5,7H,1-4,6H2,(H,13,16)(H,14,15). The number of hydrogen-bond acceptors (Lipinski definition) is 4. The van der Waals surface area contributed by atoms with Gasteiger partial charge in [-0.15, -0.1) is 11.3 Å². The molecule has 1 heterocycles. The van der Waals surface area contributed by atoms with Crippen molar-refractivity contribution < 1.29 is 14.7 Å². The summed E-state index contributed by atoms with van der Waals surface area (Å²) in [5, 5.41) is 11.6. The Hall–Kier alpha value is -1.43. The van der Waals surface area contributed by atoms with E-state index in [1.165, 1.54) is 17.5 Å². The molecule has 1 amide bonds. The van der Waals surface area contributed by atoms with Gasteiger partial charge in [0.05, 0.1) is 18.1 Å². The van der Waals surface area contributed by atoms with E-state index < -0.39 is 5.97 Å². The van der Waals surface area contributed by atoms with Crippen LogP contribution in [0.3, 0.4) is 0 Å². The first kappa shape index (κ1) is 12.0. The molecule has 0 unspecified atom stereocenters. The number of carbonyl (C=O) groups is 2. The van der Waals surface area contributed by atoms with Gasteiger partial charge in [0.15, 0.2) is 0 Å². The molecule has 1 aliphatic carbocycles. The minimum absolute atomic E-state index is 0.135. The number of carbonyl (C=O) groups excluding carboxylic acids is 1. The average molecular weight is 254 g/mol. The molecule has 0 spiro atoms. The Bertz CT molecular complexity index is 412. The van der Waals surface area contributed by atoms with Crippen LogP contribution in [0.15, 0.2) is 11.7 Å². The molecule has 0 bridgehead atoms. The van der Waals surface area contributed by atoms with Crippen LogP contribution in [-0.2, 0) is 4.79 Å². The highest BCUT2D eigenvalue weighted by atomic mass is 32.1. The minimum Gasteiger partial charge on any atom is -0.481 e. The van der Waals surface area contributed by atoms with Gasteiger partial charge in [-0.2, -0.15) is 0 Å². The number of carboxylic acid groups (broad SMARTS) is 1. The number of aromatic nitrogens is 1. The smallest absolute Gasteiger partial charge is 0.303 e. The molecule has 1 aromatic heterocycles. The number of carboxylic acids is 1. The Morgan fingerprint density at radius 3 is 2.76 bits per heavy atom. The molecule has 1 aliphatic rings. The molecule has 0 saturated heterocycles. The lowest BCUT2D eigenvalue weighted by Crippen LogP contribution is -2.43. The van der Waals surface area contributed by atoms with Crippen LogP contribution in [0.1, 0.15) is 35.4 Å². The number of nitrogens with zero attached hydrogens (tertiary/aromatic N) is 1. The summed E-state index contributed by atoms with van der Waals surface area (Å²) in [4.78, 5) is 26.8. The monoisotopic (exact) mass is 254 g/mol. The summed E-state index contributed by atoms with van der Waals surface area (Å²) in [5.41, 5.74) is 1.37. The van der Waals surface area contributed by atoms with E-state index in [-0.39, 0.29) is 17.7 Å². The van der Waals surface area contributed by atoms with Gasteiger partial charge in [-0.1, -0.05) is 6.42 Å². The van der Waals surface area contributed by atoms with Gasteiger partial charge in [-0.05, 0) is 18.3 Å². The van der Waals surface area contributed by atoms with Gasteiger partial charge >= 0.3 is 5.97 Å². The molecule has 6 heteroatoms. The molecular weight excluding hydrogens is 240 g/mol. The molecule has 2 rings (SSSR count). The Labute approximate surface area is 103 Å². The van der Waals surface area contributed by atoms with Crippen molar-refractivity contribution in [1.82, 2.24) is 10.3 Å². The van der Waals surface area contributed by atoms with Gasteiger partial charge in [0.25, 0.3) is 5.91 Å². The van der Waals surface area contributed by atoms with Gasteiger partial charge in [-0.3, -0.25) is 14.6 Å². The molecule has 1 aromatic rings. The van der Waals surface area contributed by atoms with E-state index in [1.54, 1.807) is 5.51 Å². The molecular formula is C11H14N2O3S. The number of amides is 1. The molecule has 0 radical (unpaired) electrons. The van der Waals surface area contributed by atoms with Crippen LogP contribution < -0.4 is 5.32 Å². The average Bonchev–Trinajstić information content (AvgIpc) is 2.74. The third kappa shape index (κ3) is 2.82. The van der Waals surface area contributed by atoms with Crippen LogP contribution in [0.5, 0.6) is 0 Å². The second kappa shape index (κ2) is 4.83.